The van der Waals surface area contributed by atoms with Crippen LogP contribution in [0.25, 0.3) is 0 Å². The highest BCUT2D eigenvalue weighted by atomic mass is 16.5. The molecule has 0 saturated carbocycles. The van der Waals surface area contributed by atoms with Gasteiger partial charge in [0.2, 0.25) is 0 Å². The smallest absolute Gasteiger partial charge is 0.122 e. The number of rotatable bonds is 10. The Morgan fingerprint density at radius 1 is 1.00 bits per heavy atom. The van der Waals surface area contributed by atoms with Gasteiger partial charge >= 0.3 is 0 Å². The van der Waals surface area contributed by atoms with Gasteiger partial charge in [-0.3, -0.25) is 0 Å². The lowest BCUT2D eigenvalue weighted by Gasteiger charge is -2.10. The van der Waals surface area contributed by atoms with E-state index in [9.17, 15) is 0 Å². The number of hydrogen-bond acceptors (Lipinski definition) is 3. The largest absolute Gasteiger partial charge is 0.493 e. The third kappa shape index (κ3) is 6.35. The summed E-state index contributed by atoms with van der Waals surface area (Å²) < 4.78 is 17.0. The minimum atomic E-state index is 0.659. The first-order valence-corrected chi connectivity index (χ1v) is 8.17. The number of ether oxygens (including phenoxy) is 3. The summed E-state index contributed by atoms with van der Waals surface area (Å²) in [5, 5.41) is 0. The van der Waals surface area contributed by atoms with Crippen molar-refractivity contribution < 1.29 is 14.2 Å². The first kappa shape index (κ1) is 16.6. The summed E-state index contributed by atoms with van der Waals surface area (Å²) in [4.78, 5) is 0. The van der Waals surface area contributed by atoms with Gasteiger partial charge in [0.1, 0.15) is 11.5 Å². The Morgan fingerprint density at radius 2 is 1.82 bits per heavy atom. The summed E-state index contributed by atoms with van der Waals surface area (Å²) in [5.74, 6) is 1.72. The lowest BCUT2D eigenvalue weighted by atomic mass is 10.1. The molecule has 0 amide bonds. The molecule has 2 rings (SSSR count). The number of benzene rings is 1. The molecule has 0 aromatic heterocycles. The van der Waals surface area contributed by atoms with E-state index in [4.69, 9.17) is 14.2 Å². The zero-order valence-corrected chi connectivity index (χ0v) is 13.4. The predicted molar refractivity (Wildman–Crippen MR) is 89.6 cm³/mol. The third-order valence-electron chi connectivity index (χ3n) is 3.32. The summed E-state index contributed by atoms with van der Waals surface area (Å²) in [5.41, 5.74) is 1.29. The lowest BCUT2D eigenvalue weighted by Crippen LogP contribution is -2.05. The lowest BCUT2D eigenvalue weighted by molar-refractivity contribution is 0.139. The van der Waals surface area contributed by atoms with Gasteiger partial charge in [-0.25, -0.2) is 0 Å². The SMILES string of the molecule is CCCOc1cccc(OCCCOCC2=CCCC=C2)c1. The molecule has 0 N–H and O–H groups in total. The van der Waals surface area contributed by atoms with Crippen LogP contribution in [-0.2, 0) is 4.74 Å². The van der Waals surface area contributed by atoms with Gasteiger partial charge in [-0.1, -0.05) is 31.2 Å². The minimum Gasteiger partial charge on any atom is -0.493 e. The van der Waals surface area contributed by atoms with Crippen LogP contribution >= 0.6 is 0 Å². The van der Waals surface area contributed by atoms with Crippen molar-refractivity contribution in [1.82, 2.24) is 0 Å². The molecule has 0 unspecified atom stereocenters. The Morgan fingerprint density at radius 3 is 2.55 bits per heavy atom. The fourth-order valence-corrected chi connectivity index (χ4v) is 2.19. The Bertz CT molecular complexity index is 491. The van der Waals surface area contributed by atoms with Crippen LogP contribution in [0, 0.1) is 0 Å². The molecule has 0 heterocycles. The monoisotopic (exact) mass is 302 g/mol. The number of hydrogen-bond donors (Lipinski definition) is 0. The molecular weight excluding hydrogens is 276 g/mol. The van der Waals surface area contributed by atoms with Gasteiger partial charge in [0.25, 0.3) is 0 Å². The Hall–Kier alpha value is -1.74. The van der Waals surface area contributed by atoms with Crippen LogP contribution in [0.2, 0.25) is 0 Å². The zero-order chi connectivity index (χ0) is 15.5. The van der Waals surface area contributed by atoms with E-state index in [2.05, 4.69) is 25.2 Å². The van der Waals surface area contributed by atoms with Crippen molar-refractivity contribution in [2.75, 3.05) is 26.4 Å². The average Bonchev–Trinajstić information content (AvgIpc) is 2.57. The topological polar surface area (TPSA) is 27.7 Å². The van der Waals surface area contributed by atoms with E-state index in [0.29, 0.717) is 13.2 Å². The van der Waals surface area contributed by atoms with Gasteiger partial charge in [-0.15, -0.1) is 0 Å². The molecule has 0 saturated heterocycles. The Kier molecular flexibility index (Phi) is 7.61. The molecule has 0 bridgehead atoms. The molecule has 1 aliphatic carbocycles. The van der Waals surface area contributed by atoms with Crippen molar-refractivity contribution in [2.45, 2.75) is 32.6 Å². The molecule has 3 heteroatoms. The predicted octanol–water partition coefficient (Wildman–Crippen LogP) is 4.54. The van der Waals surface area contributed by atoms with Crippen molar-refractivity contribution in [3.05, 3.63) is 48.1 Å². The van der Waals surface area contributed by atoms with Crippen LogP contribution in [0.5, 0.6) is 11.5 Å². The third-order valence-corrected chi connectivity index (χ3v) is 3.32. The minimum absolute atomic E-state index is 0.659. The Labute approximate surface area is 133 Å². The molecule has 0 aliphatic heterocycles. The van der Waals surface area contributed by atoms with E-state index in [1.165, 1.54) is 5.57 Å². The second-order valence-electron chi connectivity index (χ2n) is 5.34. The van der Waals surface area contributed by atoms with Gasteiger partial charge in [-0.05, 0) is 37.0 Å². The maximum absolute atomic E-state index is 5.73. The van der Waals surface area contributed by atoms with Crippen LogP contribution in [0.4, 0.5) is 0 Å². The summed E-state index contributed by atoms with van der Waals surface area (Å²) in [6.45, 7) is 4.92. The summed E-state index contributed by atoms with van der Waals surface area (Å²) in [6.07, 6.45) is 10.8. The van der Waals surface area contributed by atoms with E-state index < -0.39 is 0 Å². The summed E-state index contributed by atoms with van der Waals surface area (Å²) in [6, 6.07) is 7.81. The zero-order valence-electron chi connectivity index (χ0n) is 13.4. The Balaban J connectivity index is 1.58. The molecular formula is C19H26O3. The van der Waals surface area contributed by atoms with E-state index in [1.54, 1.807) is 0 Å². The molecule has 3 nitrogen and oxygen atoms in total. The van der Waals surface area contributed by atoms with Gasteiger partial charge in [0.15, 0.2) is 0 Å². The van der Waals surface area contributed by atoms with Gasteiger partial charge in [0, 0.05) is 12.5 Å². The van der Waals surface area contributed by atoms with Crippen molar-refractivity contribution in [2.24, 2.45) is 0 Å². The van der Waals surface area contributed by atoms with E-state index in [1.807, 2.05) is 24.3 Å². The molecule has 22 heavy (non-hydrogen) atoms. The average molecular weight is 302 g/mol. The highest BCUT2D eigenvalue weighted by Gasteiger charge is 1.99. The first-order chi connectivity index (χ1) is 10.9. The van der Waals surface area contributed by atoms with Crippen LogP contribution < -0.4 is 9.47 Å². The van der Waals surface area contributed by atoms with Crippen LogP contribution in [-0.4, -0.2) is 26.4 Å². The molecule has 120 valence electrons. The van der Waals surface area contributed by atoms with Gasteiger partial charge < -0.3 is 14.2 Å². The maximum Gasteiger partial charge on any atom is 0.122 e. The van der Waals surface area contributed by atoms with Crippen LogP contribution in [0.15, 0.2) is 48.1 Å². The highest BCUT2D eigenvalue weighted by molar-refractivity contribution is 5.32. The van der Waals surface area contributed by atoms with E-state index in [-0.39, 0.29) is 0 Å². The van der Waals surface area contributed by atoms with Crippen molar-refractivity contribution in [1.29, 1.82) is 0 Å². The quantitative estimate of drug-likeness (QED) is 0.594. The molecule has 0 radical (unpaired) electrons. The van der Waals surface area contributed by atoms with Crippen molar-refractivity contribution in [3.63, 3.8) is 0 Å². The second kappa shape index (κ2) is 10.1. The molecule has 0 fully saturated rings. The molecule has 1 aliphatic rings. The highest BCUT2D eigenvalue weighted by Crippen LogP contribution is 2.19. The molecule has 0 atom stereocenters. The summed E-state index contributed by atoms with van der Waals surface area (Å²) >= 11 is 0. The van der Waals surface area contributed by atoms with Crippen molar-refractivity contribution >= 4 is 0 Å². The molecule has 1 aromatic rings. The fraction of sp³-hybridized carbons (Fsp3) is 0.474. The van der Waals surface area contributed by atoms with Gasteiger partial charge in [0.05, 0.1) is 26.4 Å². The first-order valence-electron chi connectivity index (χ1n) is 8.17. The number of allylic oxidation sites excluding steroid dienone is 2. The normalized spacial score (nSPS) is 13.8. The molecule has 0 spiro atoms. The standard InChI is InChI=1S/C19H26O3/c1-2-12-21-18-10-6-11-19(15-18)22-14-7-13-20-16-17-8-4-3-5-9-17/h4,6,8-11,15H,2-3,5,7,12-14,16H2,1H3. The summed E-state index contributed by atoms with van der Waals surface area (Å²) in [7, 11) is 0. The maximum atomic E-state index is 5.73. The van der Waals surface area contributed by atoms with E-state index in [0.717, 1.165) is 50.4 Å². The fourth-order valence-electron chi connectivity index (χ4n) is 2.19. The van der Waals surface area contributed by atoms with E-state index >= 15 is 0 Å². The van der Waals surface area contributed by atoms with Crippen LogP contribution in [0.1, 0.15) is 32.6 Å². The van der Waals surface area contributed by atoms with Crippen molar-refractivity contribution in [3.8, 4) is 11.5 Å². The van der Waals surface area contributed by atoms with Crippen LogP contribution in [0.3, 0.4) is 0 Å². The molecule has 1 aromatic carbocycles. The van der Waals surface area contributed by atoms with Gasteiger partial charge in [-0.2, -0.15) is 0 Å². The second-order valence-corrected chi connectivity index (χ2v) is 5.34.